The molecule has 0 unspecified atom stereocenters. The average molecular weight is 290 g/mol. The predicted octanol–water partition coefficient (Wildman–Crippen LogP) is 3.01. The van der Waals surface area contributed by atoms with Crippen LogP contribution in [-0.4, -0.2) is 11.9 Å². The van der Waals surface area contributed by atoms with Gasteiger partial charge in [-0.05, 0) is 31.4 Å². The standard InChI is InChI=1S/C11H10BrF2NO/c12-6-4-8(10(14)9(13)5-6)11(16)15-7-2-1-3-7/h4-5,7H,1-3H2,(H,15,16). The molecule has 1 amide bonds. The zero-order valence-corrected chi connectivity index (χ0v) is 9.98. The van der Waals surface area contributed by atoms with Crippen molar-refractivity contribution in [2.75, 3.05) is 0 Å². The topological polar surface area (TPSA) is 29.1 Å². The first-order chi connectivity index (χ1) is 7.58. The van der Waals surface area contributed by atoms with Gasteiger partial charge in [0.15, 0.2) is 11.6 Å². The van der Waals surface area contributed by atoms with Crippen LogP contribution in [0.15, 0.2) is 16.6 Å². The van der Waals surface area contributed by atoms with Gasteiger partial charge in [0.1, 0.15) is 0 Å². The van der Waals surface area contributed by atoms with Crippen LogP contribution in [0.4, 0.5) is 8.78 Å². The Morgan fingerprint density at radius 3 is 2.62 bits per heavy atom. The Morgan fingerprint density at radius 1 is 1.38 bits per heavy atom. The van der Waals surface area contributed by atoms with Crippen molar-refractivity contribution in [3.63, 3.8) is 0 Å². The molecule has 1 fully saturated rings. The van der Waals surface area contributed by atoms with E-state index in [9.17, 15) is 13.6 Å². The highest BCUT2D eigenvalue weighted by molar-refractivity contribution is 9.10. The van der Waals surface area contributed by atoms with Crippen LogP contribution in [0.25, 0.3) is 0 Å². The number of hydrogen-bond donors (Lipinski definition) is 1. The highest BCUT2D eigenvalue weighted by atomic mass is 79.9. The van der Waals surface area contributed by atoms with E-state index in [0.29, 0.717) is 4.47 Å². The van der Waals surface area contributed by atoms with Gasteiger partial charge in [-0.15, -0.1) is 0 Å². The molecule has 1 saturated carbocycles. The van der Waals surface area contributed by atoms with E-state index < -0.39 is 17.5 Å². The molecule has 2 rings (SSSR count). The lowest BCUT2D eigenvalue weighted by molar-refractivity contribution is 0.0911. The average Bonchev–Trinajstić information content (AvgIpc) is 2.17. The van der Waals surface area contributed by atoms with Gasteiger partial charge in [-0.3, -0.25) is 4.79 Å². The second-order valence-electron chi connectivity index (χ2n) is 3.85. The van der Waals surface area contributed by atoms with E-state index in [1.165, 1.54) is 6.07 Å². The maximum atomic E-state index is 13.3. The molecule has 0 bridgehead atoms. The summed E-state index contributed by atoms with van der Waals surface area (Å²) in [5.41, 5.74) is -0.251. The fourth-order valence-corrected chi connectivity index (χ4v) is 1.97. The zero-order valence-electron chi connectivity index (χ0n) is 8.40. The van der Waals surface area contributed by atoms with Crippen molar-refractivity contribution in [1.82, 2.24) is 5.32 Å². The van der Waals surface area contributed by atoms with Crippen molar-refractivity contribution in [3.05, 3.63) is 33.8 Å². The normalized spacial score (nSPS) is 15.7. The van der Waals surface area contributed by atoms with Gasteiger partial charge >= 0.3 is 0 Å². The largest absolute Gasteiger partial charge is 0.349 e. The van der Waals surface area contributed by atoms with Crippen LogP contribution in [0.2, 0.25) is 0 Å². The Morgan fingerprint density at radius 2 is 2.06 bits per heavy atom. The molecule has 5 heteroatoms. The van der Waals surface area contributed by atoms with E-state index in [4.69, 9.17) is 0 Å². The van der Waals surface area contributed by atoms with Crippen LogP contribution in [-0.2, 0) is 0 Å². The van der Waals surface area contributed by atoms with Crippen LogP contribution < -0.4 is 5.32 Å². The first-order valence-corrected chi connectivity index (χ1v) is 5.82. The number of carbonyl (C=O) groups is 1. The molecule has 1 aromatic rings. The molecule has 0 aliphatic heterocycles. The van der Waals surface area contributed by atoms with E-state index >= 15 is 0 Å². The Labute approximate surface area is 100 Å². The fraction of sp³-hybridized carbons (Fsp3) is 0.364. The second kappa shape index (κ2) is 4.49. The third kappa shape index (κ3) is 2.24. The first-order valence-electron chi connectivity index (χ1n) is 5.03. The summed E-state index contributed by atoms with van der Waals surface area (Å²) in [5.74, 6) is -2.67. The van der Waals surface area contributed by atoms with Crippen LogP contribution in [0.3, 0.4) is 0 Å². The summed E-state index contributed by atoms with van der Waals surface area (Å²) in [6.07, 6.45) is 2.88. The summed E-state index contributed by atoms with van der Waals surface area (Å²) in [4.78, 5) is 11.6. The summed E-state index contributed by atoms with van der Waals surface area (Å²) in [7, 11) is 0. The molecule has 0 radical (unpaired) electrons. The molecule has 0 heterocycles. The highest BCUT2D eigenvalue weighted by Gasteiger charge is 2.23. The lowest BCUT2D eigenvalue weighted by atomic mass is 9.93. The van der Waals surface area contributed by atoms with Crippen LogP contribution >= 0.6 is 15.9 Å². The van der Waals surface area contributed by atoms with Gasteiger partial charge in [0, 0.05) is 10.5 Å². The van der Waals surface area contributed by atoms with E-state index in [1.807, 2.05) is 0 Å². The fourth-order valence-electron chi connectivity index (χ4n) is 1.54. The third-order valence-electron chi connectivity index (χ3n) is 2.68. The lowest BCUT2D eigenvalue weighted by Gasteiger charge is -2.26. The molecule has 0 spiro atoms. The Hall–Kier alpha value is -0.970. The maximum absolute atomic E-state index is 13.3. The summed E-state index contributed by atoms with van der Waals surface area (Å²) >= 11 is 3.03. The molecule has 1 aliphatic carbocycles. The number of nitrogens with one attached hydrogen (secondary N) is 1. The maximum Gasteiger partial charge on any atom is 0.254 e. The van der Waals surface area contributed by atoms with Gasteiger partial charge < -0.3 is 5.32 Å². The summed E-state index contributed by atoms with van der Waals surface area (Å²) in [5, 5.41) is 2.66. The molecule has 0 saturated heterocycles. The molecule has 86 valence electrons. The zero-order chi connectivity index (χ0) is 11.7. The summed E-state index contributed by atoms with van der Waals surface area (Å²) < 4.78 is 26.7. The summed E-state index contributed by atoms with van der Waals surface area (Å²) in [6, 6.07) is 2.39. The van der Waals surface area contributed by atoms with Crippen molar-refractivity contribution in [2.45, 2.75) is 25.3 Å². The molecular weight excluding hydrogens is 280 g/mol. The number of carbonyl (C=O) groups excluding carboxylic acids is 1. The van der Waals surface area contributed by atoms with Gasteiger partial charge in [-0.2, -0.15) is 0 Å². The Kier molecular flexibility index (Phi) is 3.23. The third-order valence-corrected chi connectivity index (χ3v) is 3.14. The number of hydrogen-bond acceptors (Lipinski definition) is 1. The monoisotopic (exact) mass is 289 g/mol. The van der Waals surface area contributed by atoms with Crippen molar-refractivity contribution < 1.29 is 13.6 Å². The molecule has 1 aliphatic rings. The lowest BCUT2D eigenvalue weighted by Crippen LogP contribution is -2.39. The number of halogens is 3. The van der Waals surface area contributed by atoms with E-state index in [2.05, 4.69) is 21.2 Å². The van der Waals surface area contributed by atoms with Crippen molar-refractivity contribution in [2.24, 2.45) is 0 Å². The van der Waals surface area contributed by atoms with Crippen molar-refractivity contribution in [1.29, 1.82) is 0 Å². The second-order valence-corrected chi connectivity index (χ2v) is 4.77. The van der Waals surface area contributed by atoms with Crippen LogP contribution in [0.1, 0.15) is 29.6 Å². The van der Waals surface area contributed by atoms with Crippen LogP contribution in [0, 0.1) is 11.6 Å². The SMILES string of the molecule is O=C(NC1CCC1)c1cc(Br)cc(F)c1F. The highest BCUT2D eigenvalue weighted by Crippen LogP contribution is 2.22. The van der Waals surface area contributed by atoms with Gasteiger partial charge in [0.05, 0.1) is 5.56 Å². The van der Waals surface area contributed by atoms with Gasteiger partial charge in [-0.1, -0.05) is 15.9 Å². The number of benzene rings is 1. The molecule has 1 aromatic carbocycles. The Bertz CT molecular complexity index is 432. The van der Waals surface area contributed by atoms with Crippen LogP contribution in [0.5, 0.6) is 0 Å². The van der Waals surface area contributed by atoms with Gasteiger partial charge in [-0.25, -0.2) is 8.78 Å². The first kappa shape index (κ1) is 11.5. The molecular formula is C11H10BrF2NO. The van der Waals surface area contributed by atoms with E-state index in [0.717, 1.165) is 25.3 Å². The number of amides is 1. The quantitative estimate of drug-likeness (QED) is 0.833. The Balaban J connectivity index is 2.21. The smallest absolute Gasteiger partial charge is 0.254 e. The number of rotatable bonds is 2. The van der Waals surface area contributed by atoms with Gasteiger partial charge in [0.2, 0.25) is 0 Å². The predicted molar refractivity (Wildman–Crippen MR) is 59.2 cm³/mol. The van der Waals surface area contributed by atoms with E-state index in [-0.39, 0.29) is 11.6 Å². The molecule has 1 N–H and O–H groups in total. The minimum atomic E-state index is -1.10. The van der Waals surface area contributed by atoms with Crippen molar-refractivity contribution in [3.8, 4) is 0 Å². The van der Waals surface area contributed by atoms with E-state index in [1.54, 1.807) is 0 Å². The summed E-state index contributed by atoms with van der Waals surface area (Å²) in [6.45, 7) is 0. The minimum absolute atomic E-state index is 0.106. The molecule has 0 atom stereocenters. The van der Waals surface area contributed by atoms with Crippen molar-refractivity contribution >= 4 is 21.8 Å². The van der Waals surface area contributed by atoms with Gasteiger partial charge in [0.25, 0.3) is 5.91 Å². The minimum Gasteiger partial charge on any atom is -0.349 e. The molecule has 0 aromatic heterocycles. The molecule has 16 heavy (non-hydrogen) atoms. The molecule has 2 nitrogen and oxygen atoms in total.